The molecule has 0 aromatic heterocycles. The normalized spacial score (nSPS) is 24.3. The fraction of sp³-hybridized carbons (Fsp3) is 0.717. The van der Waals surface area contributed by atoms with E-state index in [9.17, 15) is 33.6 Å². The first-order valence-electron chi connectivity index (χ1n) is 21.9. The van der Waals surface area contributed by atoms with Crippen LogP contribution in [0, 0.1) is 35.0 Å². The molecule has 11 heteroatoms. The number of thioether (sulfide) groups is 1. The molecule has 2 N–H and O–H groups in total. The van der Waals surface area contributed by atoms with Crippen LogP contribution in [0.5, 0.6) is 0 Å². The summed E-state index contributed by atoms with van der Waals surface area (Å²) >= 11 is 1.08. The second-order valence-electron chi connectivity index (χ2n) is 18.6. The highest BCUT2D eigenvalue weighted by Gasteiger charge is 2.49. The summed E-state index contributed by atoms with van der Waals surface area (Å²) in [4.78, 5) is 98.4. The fourth-order valence-electron chi connectivity index (χ4n) is 10.1. The number of ketones is 4. The Bertz CT molecular complexity index is 1600. The molecule has 10 nitrogen and oxygen atoms in total. The van der Waals surface area contributed by atoms with Crippen molar-refractivity contribution in [2.75, 3.05) is 12.3 Å². The molecule has 2 saturated heterocycles. The molecule has 4 fully saturated rings. The Morgan fingerprint density at radius 2 is 1.51 bits per heavy atom. The van der Waals surface area contributed by atoms with Gasteiger partial charge in [0.15, 0.2) is 17.3 Å². The van der Waals surface area contributed by atoms with Crippen LogP contribution in [0.4, 0.5) is 4.79 Å². The van der Waals surface area contributed by atoms with E-state index in [-0.39, 0.29) is 71.6 Å². The van der Waals surface area contributed by atoms with Crippen molar-refractivity contribution in [3.8, 4) is 0 Å². The van der Waals surface area contributed by atoms with Gasteiger partial charge >= 0.3 is 0 Å². The van der Waals surface area contributed by atoms with Gasteiger partial charge in [0.1, 0.15) is 6.04 Å². The van der Waals surface area contributed by atoms with E-state index in [1.54, 1.807) is 4.90 Å². The van der Waals surface area contributed by atoms with Gasteiger partial charge in [0.2, 0.25) is 17.6 Å². The van der Waals surface area contributed by atoms with Gasteiger partial charge in [-0.05, 0) is 60.3 Å². The van der Waals surface area contributed by atoms with E-state index in [2.05, 4.69) is 10.6 Å². The molecule has 0 spiro atoms. The molecule has 3 amide bonds. The van der Waals surface area contributed by atoms with Crippen molar-refractivity contribution in [1.82, 2.24) is 15.5 Å². The molecule has 5 rings (SSSR count). The van der Waals surface area contributed by atoms with E-state index >= 15 is 0 Å². The van der Waals surface area contributed by atoms with Crippen LogP contribution in [0.1, 0.15) is 149 Å². The van der Waals surface area contributed by atoms with Crippen LogP contribution in [-0.2, 0) is 28.8 Å². The lowest BCUT2D eigenvalue weighted by Gasteiger charge is -2.39. The van der Waals surface area contributed by atoms with Crippen LogP contribution in [0.3, 0.4) is 0 Å². The zero-order chi connectivity index (χ0) is 41.3. The lowest BCUT2D eigenvalue weighted by molar-refractivity contribution is -0.146. The maximum Gasteiger partial charge on any atom is 0.279 e. The molecule has 0 bridgehead atoms. The highest BCUT2D eigenvalue weighted by atomic mass is 32.2. The van der Waals surface area contributed by atoms with Crippen LogP contribution in [0.25, 0.3) is 0 Å². The van der Waals surface area contributed by atoms with Crippen LogP contribution in [0.15, 0.2) is 30.3 Å². The van der Waals surface area contributed by atoms with Gasteiger partial charge in [0.25, 0.3) is 5.24 Å². The number of rotatable bonds is 18. The largest absolute Gasteiger partial charge is 0.344 e. The number of likely N-dealkylation sites (tertiary alicyclic amines) is 1. The van der Waals surface area contributed by atoms with Gasteiger partial charge in [-0.15, -0.1) is 0 Å². The molecule has 4 aliphatic rings. The molecule has 2 aliphatic carbocycles. The second-order valence-corrected chi connectivity index (χ2v) is 19.6. The van der Waals surface area contributed by atoms with Crippen molar-refractivity contribution >= 4 is 51.9 Å². The topological polar surface area (TPSA) is 147 Å². The first kappa shape index (κ1) is 44.8. The lowest BCUT2D eigenvalue weighted by Crippen LogP contribution is -2.59. The SMILES string of the molecule is CCCC(CC(=O)[C@@H]1[C@@H](C2CCCCC2)CCN1C(=O)[C@@H](NC(=O)[C@@H](CC(=O)C1CSC(=O)N1)C1CCCCC1)C(C)(C)C)C(=O)C(=O)C[C@@H](C)c1ccccc1. The number of nitrogens with zero attached hydrogens (tertiary/aromatic N) is 1. The van der Waals surface area contributed by atoms with E-state index in [1.807, 2.05) is 65.0 Å². The third-order valence-electron chi connectivity index (χ3n) is 13.3. The minimum absolute atomic E-state index is 0.00265. The standard InChI is InChI=1S/C46H67N3O7S/c1-6-16-33(41(53)39(52)25-29(2)30-17-10-7-11-18-30)26-38(51)40-34(31-19-12-8-13-20-31)23-24-49(40)44(55)42(46(3,4)5)48-43(54)35(32-21-14-9-15-22-32)27-37(50)36-28-57-45(56)47-36/h7,10-11,17-18,29,31-36,40,42H,6,8-9,12-16,19-28H2,1-5H3,(H,47,56)(H,48,54)/t29-,33?,34-,35+,36?,40+,42-/m1/s1. The molecule has 2 unspecified atom stereocenters. The third-order valence-corrected chi connectivity index (χ3v) is 14.2. The molecule has 1 aromatic rings. The maximum atomic E-state index is 15.0. The summed E-state index contributed by atoms with van der Waals surface area (Å²) in [5.74, 6) is -2.91. The Morgan fingerprint density at radius 3 is 2.11 bits per heavy atom. The Labute approximate surface area is 344 Å². The number of benzene rings is 1. The molecular weight excluding hydrogens is 739 g/mol. The average Bonchev–Trinajstić information content (AvgIpc) is 3.86. The molecule has 2 heterocycles. The summed E-state index contributed by atoms with van der Waals surface area (Å²) in [6.45, 7) is 9.99. The number of Topliss-reactive ketones (excluding diaryl/α,β-unsaturated/α-hetero) is 4. The van der Waals surface area contributed by atoms with Crippen LogP contribution in [0.2, 0.25) is 0 Å². The van der Waals surface area contributed by atoms with E-state index in [4.69, 9.17) is 0 Å². The summed E-state index contributed by atoms with van der Waals surface area (Å²) < 4.78 is 0. The van der Waals surface area contributed by atoms with Gasteiger partial charge < -0.3 is 15.5 Å². The second kappa shape index (κ2) is 20.6. The molecular formula is C46H67N3O7S. The average molecular weight is 806 g/mol. The lowest BCUT2D eigenvalue weighted by atomic mass is 9.74. The number of carbonyl (C=O) groups excluding carboxylic acids is 7. The highest BCUT2D eigenvalue weighted by Crippen LogP contribution is 2.41. The maximum absolute atomic E-state index is 15.0. The quantitative estimate of drug-likeness (QED) is 0.142. The van der Waals surface area contributed by atoms with Gasteiger partial charge in [-0.2, -0.15) is 0 Å². The zero-order valence-corrected chi connectivity index (χ0v) is 35.8. The molecule has 314 valence electrons. The van der Waals surface area contributed by atoms with Gasteiger partial charge in [-0.3, -0.25) is 33.6 Å². The Balaban J connectivity index is 1.37. The van der Waals surface area contributed by atoms with Crippen molar-refractivity contribution in [1.29, 1.82) is 0 Å². The molecule has 0 radical (unpaired) electrons. The van der Waals surface area contributed by atoms with E-state index in [1.165, 1.54) is 0 Å². The Hall–Kier alpha value is -3.34. The fourth-order valence-corrected chi connectivity index (χ4v) is 10.9. The molecule has 7 atom stereocenters. The van der Waals surface area contributed by atoms with Crippen LogP contribution in [-0.4, -0.2) is 75.5 Å². The molecule has 57 heavy (non-hydrogen) atoms. The van der Waals surface area contributed by atoms with Crippen molar-refractivity contribution in [2.45, 2.75) is 161 Å². The van der Waals surface area contributed by atoms with Crippen LogP contribution < -0.4 is 10.6 Å². The van der Waals surface area contributed by atoms with Crippen molar-refractivity contribution < 1.29 is 33.6 Å². The summed E-state index contributed by atoms with van der Waals surface area (Å²) in [7, 11) is 0. The van der Waals surface area contributed by atoms with Crippen LogP contribution >= 0.6 is 11.8 Å². The van der Waals surface area contributed by atoms with Gasteiger partial charge in [0.05, 0.1) is 12.1 Å². The Morgan fingerprint density at radius 1 is 0.860 bits per heavy atom. The molecule has 1 aromatic carbocycles. The molecule has 2 aliphatic heterocycles. The monoisotopic (exact) mass is 805 g/mol. The number of hydrogen-bond acceptors (Lipinski definition) is 8. The number of hydrogen-bond donors (Lipinski definition) is 2. The molecule has 2 saturated carbocycles. The summed E-state index contributed by atoms with van der Waals surface area (Å²) in [6.07, 6.45) is 11.6. The van der Waals surface area contributed by atoms with Crippen molar-refractivity contribution in [3.05, 3.63) is 35.9 Å². The van der Waals surface area contributed by atoms with E-state index in [0.29, 0.717) is 31.6 Å². The van der Waals surface area contributed by atoms with E-state index in [0.717, 1.165) is 81.5 Å². The summed E-state index contributed by atoms with van der Waals surface area (Å²) in [5, 5.41) is 5.62. The van der Waals surface area contributed by atoms with Gasteiger partial charge in [0, 0.05) is 43.4 Å². The van der Waals surface area contributed by atoms with Gasteiger partial charge in [-0.1, -0.05) is 134 Å². The van der Waals surface area contributed by atoms with E-state index < -0.39 is 46.9 Å². The number of nitrogens with one attached hydrogen (secondary N) is 2. The predicted molar refractivity (Wildman–Crippen MR) is 224 cm³/mol. The first-order chi connectivity index (χ1) is 27.2. The minimum atomic E-state index is -0.956. The summed E-state index contributed by atoms with van der Waals surface area (Å²) in [5.41, 5.74) is 0.263. The summed E-state index contributed by atoms with van der Waals surface area (Å²) in [6, 6.07) is 7.32. The van der Waals surface area contributed by atoms with Crippen molar-refractivity contribution in [3.63, 3.8) is 0 Å². The zero-order valence-electron chi connectivity index (χ0n) is 35.0. The minimum Gasteiger partial charge on any atom is -0.344 e. The smallest absolute Gasteiger partial charge is 0.279 e. The first-order valence-corrected chi connectivity index (χ1v) is 22.9. The number of carbonyl (C=O) groups is 7. The third kappa shape index (κ3) is 11.7. The highest BCUT2D eigenvalue weighted by molar-refractivity contribution is 8.14. The predicted octanol–water partition coefficient (Wildman–Crippen LogP) is 8.00. The van der Waals surface area contributed by atoms with Gasteiger partial charge in [-0.25, -0.2) is 0 Å². The Kier molecular flexibility index (Phi) is 16.2. The number of amides is 3. The van der Waals surface area contributed by atoms with Crippen molar-refractivity contribution in [2.24, 2.45) is 35.0 Å².